The third-order valence-electron chi connectivity index (χ3n) is 4.29. The molecular formula is C19H16FN3O2S. The molecule has 26 heavy (non-hydrogen) atoms. The summed E-state index contributed by atoms with van der Waals surface area (Å²) in [6.45, 7) is 1.99. The number of nitrogens with one attached hydrogen (secondary N) is 1. The standard InChI is InChI=1S/C19H16FN3O2S/c1-12-2-8-15(9-3-12)23-18(16-10-26(25)11-17(16)22-23)21-19(24)13-4-6-14(20)7-5-13/h2-9H,10-11H2,1H3,(H,21,24)/t26-/m1/s1. The number of halogens is 1. The highest BCUT2D eigenvalue weighted by atomic mass is 32.2. The Bertz CT molecular complexity index is 1010. The summed E-state index contributed by atoms with van der Waals surface area (Å²) < 4.78 is 26.7. The van der Waals surface area contributed by atoms with E-state index < -0.39 is 16.6 Å². The van der Waals surface area contributed by atoms with Gasteiger partial charge in [0.25, 0.3) is 5.91 Å². The molecule has 4 rings (SSSR count). The number of aryl methyl sites for hydroxylation is 1. The fraction of sp³-hybridized carbons (Fsp3) is 0.158. The van der Waals surface area contributed by atoms with E-state index in [1.165, 1.54) is 24.3 Å². The van der Waals surface area contributed by atoms with E-state index in [-0.39, 0.29) is 5.91 Å². The van der Waals surface area contributed by atoms with Gasteiger partial charge in [-0.2, -0.15) is 5.10 Å². The fourth-order valence-electron chi connectivity index (χ4n) is 2.91. The lowest BCUT2D eigenvalue weighted by Crippen LogP contribution is -2.16. The molecule has 1 aliphatic rings. The van der Waals surface area contributed by atoms with Crippen LogP contribution in [0.1, 0.15) is 27.2 Å². The highest BCUT2D eigenvalue weighted by molar-refractivity contribution is 7.83. The van der Waals surface area contributed by atoms with Crippen molar-refractivity contribution < 1.29 is 13.4 Å². The topological polar surface area (TPSA) is 64.0 Å². The van der Waals surface area contributed by atoms with Gasteiger partial charge in [0, 0.05) is 21.9 Å². The second kappa shape index (κ2) is 6.49. The summed E-state index contributed by atoms with van der Waals surface area (Å²) >= 11 is 0. The summed E-state index contributed by atoms with van der Waals surface area (Å²) in [5.41, 5.74) is 3.80. The molecule has 2 aromatic carbocycles. The number of anilines is 1. The molecule has 5 nitrogen and oxygen atoms in total. The first kappa shape index (κ1) is 16.7. The second-order valence-corrected chi connectivity index (χ2v) is 7.67. The van der Waals surface area contributed by atoms with Gasteiger partial charge in [0.1, 0.15) is 11.6 Å². The summed E-state index contributed by atoms with van der Waals surface area (Å²) in [4.78, 5) is 12.6. The molecule has 0 bridgehead atoms. The van der Waals surface area contributed by atoms with E-state index in [0.717, 1.165) is 22.5 Å². The zero-order chi connectivity index (χ0) is 18.3. The molecule has 0 spiro atoms. The Labute approximate surface area is 152 Å². The number of benzene rings is 2. The fourth-order valence-corrected chi connectivity index (χ4v) is 4.17. The highest BCUT2D eigenvalue weighted by Gasteiger charge is 2.28. The number of hydrogen-bond acceptors (Lipinski definition) is 3. The van der Waals surface area contributed by atoms with Gasteiger partial charge < -0.3 is 5.32 Å². The highest BCUT2D eigenvalue weighted by Crippen LogP contribution is 2.31. The Morgan fingerprint density at radius 1 is 1.12 bits per heavy atom. The molecule has 2 heterocycles. The van der Waals surface area contributed by atoms with Crippen molar-refractivity contribution in [2.75, 3.05) is 5.32 Å². The van der Waals surface area contributed by atoms with Crippen LogP contribution in [0.25, 0.3) is 5.69 Å². The lowest BCUT2D eigenvalue weighted by atomic mass is 10.2. The number of carbonyl (C=O) groups is 1. The molecule has 1 aromatic heterocycles. The number of aromatic nitrogens is 2. The molecule has 132 valence electrons. The van der Waals surface area contributed by atoms with E-state index in [1.54, 1.807) is 4.68 Å². The van der Waals surface area contributed by atoms with Gasteiger partial charge in [0.15, 0.2) is 0 Å². The Morgan fingerprint density at radius 3 is 2.50 bits per heavy atom. The van der Waals surface area contributed by atoms with Crippen LogP contribution in [-0.2, 0) is 22.3 Å². The summed E-state index contributed by atoms with van der Waals surface area (Å²) in [6.07, 6.45) is 0. The number of carbonyl (C=O) groups excluding carboxylic acids is 1. The molecule has 0 saturated carbocycles. The number of rotatable bonds is 3. The van der Waals surface area contributed by atoms with Crippen LogP contribution in [0.4, 0.5) is 10.2 Å². The smallest absolute Gasteiger partial charge is 0.256 e. The largest absolute Gasteiger partial charge is 0.306 e. The monoisotopic (exact) mass is 369 g/mol. The van der Waals surface area contributed by atoms with E-state index in [4.69, 9.17) is 0 Å². The van der Waals surface area contributed by atoms with Crippen molar-refractivity contribution in [2.24, 2.45) is 0 Å². The molecule has 0 radical (unpaired) electrons. The third-order valence-corrected chi connectivity index (χ3v) is 5.49. The van der Waals surface area contributed by atoms with Crippen molar-refractivity contribution >= 4 is 22.5 Å². The van der Waals surface area contributed by atoms with Crippen molar-refractivity contribution in [3.05, 3.63) is 76.7 Å². The van der Waals surface area contributed by atoms with E-state index in [9.17, 15) is 13.4 Å². The summed E-state index contributed by atoms with van der Waals surface area (Å²) in [5, 5.41) is 7.42. The van der Waals surface area contributed by atoms with Gasteiger partial charge in [-0.3, -0.25) is 9.00 Å². The van der Waals surface area contributed by atoms with Gasteiger partial charge in [-0.05, 0) is 43.3 Å². The molecule has 0 aliphatic carbocycles. The number of nitrogens with zero attached hydrogens (tertiary/aromatic N) is 2. The quantitative estimate of drug-likeness (QED) is 0.770. The SMILES string of the molecule is Cc1ccc(-n2nc3c(c2NC(=O)c2ccc(F)cc2)C[S@@](=O)C3)cc1. The number of hydrogen-bond donors (Lipinski definition) is 1. The van der Waals surface area contributed by atoms with Crippen molar-refractivity contribution in [1.29, 1.82) is 0 Å². The van der Waals surface area contributed by atoms with E-state index in [0.29, 0.717) is 22.9 Å². The van der Waals surface area contributed by atoms with Crippen LogP contribution in [0.5, 0.6) is 0 Å². The zero-order valence-corrected chi connectivity index (χ0v) is 14.8. The van der Waals surface area contributed by atoms with Crippen LogP contribution in [0.2, 0.25) is 0 Å². The average Bonchev–Trinajstić information content (AvgIpc) is 3.13. The lowest BCUT2D eigenvalue weighted by Gasteiger charge is -2.11. The molecule has 1 N–H and O–H groups in total. The van der Waals surface area contributed by atoms with Crippen molar-refractivity contribution in [1.82, 2.24) is 9.78 Å². The van der Waals surface area contributed by atoms with Crippen molar-refractivity contribution in [3.8, 4) is 5.69 Å². The van der Waals surface area contributed by atoms with Crippen LogP contribution < -0.4 is 5.32 Å². The minimum absolute atomic E-state index is 0.343. The molecule has 0 saturated heterocycles. The van der Waals surface area contributed by atoms with Crippen molar-refractivity contribution in [2.45, 2.75) is 18.4 Å². The Hall–Kier alpha value is -2.80. The number of amides is 1. The van der Waals surface area contributed by atoms with Crippen LogP contribution >= 0.6 is 0 Å². The maximum atomic E-state index is 13.1. The van der Waals surface area contributed by atoms with Crippen LogP contribution in [0, 0.1) is 12.7 Å². The summed E-state index contributed by atoms with van der Waals surface area (Å²) in [5.74, 6) is 0.499. The molecule has 1 amide bonds. The molecular weight excluding hydrogens is 353 g/mol. The molecule has 0 unspecified atom stereocenters. The lowest BCUT2D eigenvalue weighted by molar-refractivity contribution is 0.102. The first-order chi connectivity index (χ1) is 12.5. The van der Waals surface area contributed by atoms with E-state index >= 15 is 0 Å². The van der Waals surface area contributed by atoms with E-state index in [1.807, 2.05) is 31.2 Å². The summed E-state index contributed by atoms with van der Waals surface area (Å²) in [6, 6.07) is 13.1. The van der Waals surface area contributed by atoms with Gasteiger partial charge >= 0.3 is 0 Å². The molecule has 0 fully saturated rings. The first-order valence-electron chi connectivity index (χ1n) is 8.11. The van der Waals surface area contributed by atoms with Crippen LogP contribution in [0.15, 0.2) is 48.5 Å². The van der Waals surface area contributed by atoms with Gasteiger partial charge in [0.2, 0.25) is 0 Å². The van der Waals surface area contributed by atoms with Gasteiger partial charge in [-0.25, -0.2) is 9.07 Å². The minimum Gasteiger partial charge on any atom is -0.306 e. The second-order valence-electron chi connectivity index (χ2n) is 6.21. The zero-order valence-electron chi connectivity index (χ0n) is 14.0. The van der Waals surface area contributed by atoms with Gasteiger partial charge in [-0.15, -0.1) is 0 Å². The molecule has 3 aromatic rings. The van der Waals surface area contributed by atoms with E-state index in [2.05, 4.69) is 10.4 Å². The third kappa shape index (κ3) is 3.06. The molecule has 7 heteroatoms. The Morgan fingerprint density at radius 2 is 1.81 bits per heavy atom. The van der Waals surface area contributed by atoms with Crippen LogP contribution in [-0.4, -0.2) is 19.9 Å². The first-order valence-corrected chi connectivity index (χ1v) is 9.60. The predicted molar refractivity (Wildman–Crippen MR) is 98.2 cm³/mol. The average molecular weight is 369 g/mol. The molecule has 1 aliphatic heterocycles. The predicted octanol–water partition coefficient (Wildman–Crippen LogP) is 3.33. The Balaban J connectivity index is 1.74. The van der Waals surface area contributed by atoms with Crippen LogP contribution in [0.3, 0.4) is 0 Å². The normalized spacial score (nSPS) is 15.7. The van der Waals surface area contributed by atoms with Crippen molar-refractivity contribution in [3.63, 3.8) is 0 Å². The molecule has 1 atom stereocenters. The summed E-state index contributed by atoms with van der Waals surface area (Å²) in [7, 11) is -1.01. The maximum absolute atomic E-state index is 13.1. The number of fused-ring (bicyclic) bond motifs is 1. The van der Waals surface area contributed by atoms with Gasteiger partial charge in [0.05, 0.1) is 22.9 Å². The van der Waals surface area contributed by atoms with Gasteiger partial charge in [-0.1, -0.05) is 17.7 Å². The minimum atomic E-state index is -1.01. The maximum Gasteiger partial charge on any atom is 0.256 e. The Kier molecular flexibility index (Phi) is 4.16.